The number of hydrogen-bond acceptors (Lipinski definition) is 3. The Morgan fingerprint density at radius 1 is 0.452 bits per heavy atom. The van der Waals surface area contributed by atoms with Crippen molar-refractivity contribution in [3.63, 3.8) is 0 Å². The van der Waals surface area contributed by atoms with Gasteiger partial charge in [-0.2, -0.15) is 0 Å². The number of hydrogen-bond donors (Lipinski definition) is 0. The van der Waals surface area contributed by atoms with Crippen molar-refractivity contribution in [3.05, 3.63) is 158 Å². The van der Waals surface area contributed by atoms with Gasteiger partial charge >= 0.3 is 0 Å². The maximum absolute atomic E-state index is 6.12. The monoisotopic (exact) mass is 538 g/mol. The molecular weight excluding hydrogens is 512 g/mol. The number of pyridine rings is 1. The molecule has 0 fully saturated rings. The van der Waals surface area contributed by atoms with Gasteiger partial charge in [0.05, 0.1) is 5.69 Å². The number of aromatic nitrogens is 1. The van der Waals surface area contributed by atoms with E-state index >= 15 is 0 Å². The first-order valence-electron chi connectivity index (χ1n) is 14.1. The number of furan rings is 1. The highest BCUT2D eigenvalue weighted by Gasteiger charge is 2.19. The van der Waals surface area contributed by atoms with E-state index in [-0.39, 0.29) is 0 Å². The third kappa shape index (κ3) is 4.11. The Bertz CT molecular complexity index is 2180. The number of nitrogens with zero attached hydrogens (tertiary/aromatic N) is 2. The van der Waals surface area contributed by atoms with Crippen LogP contribution in [0.15, 0.2) is 162 Å². The molecule has 0 spiro atoms. The average Bonchev–Trinajstić information content (AvgIpc) is 3.44. The summed E-state index contributed by atoms with van der Waals surface area (Å²) in [7, 11) is 0. The molecule has 0 saturated carbocycles. The molecule has 8 rings (SSSR count). The lowest BCUT2D eigenvalue weighted by atomic mass is 9.96. The van der Waals surface area contributed by atoms with Crippen molar-refractivity contribution in [2.24, 2.45) is 0 Å². The van der Waals surface area contributed by atoms with Crippen LogP contribution in [-0.4, -0.2) is 4.98 Å². The minimum atomic E-state index is 0.793. The van der Waals surface area contributed by atoms with E-state index in [1.54, 1.807) is 0 Å². The van der Waals surface area contributed by atoms with E-state index in [0.29, 0.717) is 0 Å². The number of benzene rings is 6. The van der Waals surface area contributed by atoms with Gasteiger partial charge in [0.15, 0.2) is 5.58 Å². The highest BCUT2D eigenvalue weighted by Crippen LogP contribution is 2.43. The lowest BCUT2D eigenvalue weighted by molar-refractivity contribution is 0.668. The van der Waals surface area contributed by atoms with Crippen molar-refractivity contribution in [2.75, 3.05) is 4.90 Å². The van der Waals surface area contributed by atoms with E-state index in [0.717, 1.165) is 39.1 Å². The van der Waals surface area contributed by atoms with Gasteiger partial charge in [0.1, 0.15) is 11.1 Å². The summed E-state index contributed by atoms with van der Waals surface area (Å²) in [6, 6.07) is 53.3. The number of anilines is 3. The van der Waals surface area contributed by atoms with Crippen molar-refractivity contribution in [1.29, 1.82) is 0 Å². The predicted octanol–water partition coefficient (Wildman–Crippen LogP) is 10.9. The van der Waals surface area contributed by atoms with Crippen molar-refractivity contribution >= 4 is 49.9 Å². The molecule has 0 unspecified atom stereocenters. The summed E-state index contributed by atoms with van der Waals surface area (Å²) < 4.78 is 6.12. The fraction of sp³-hybridized carbons (Fsp3) is 0. The van der Waals surface area contributed by atoms with Crippen LogP contribution in [0, 0.1) is 0 Å². The Labute approximate surface area is 243 Å². The van der Waals surface area contributed by atoms with Gasteiger partial charge in [-0.05, 0) is 76.2 Å². The number of rotatable bonds is 5. The first kappa shape index (κ1) is 24.2. The zero-order valence-corrected chi connectivity index (χ0v) is 22.8. The Morgan fingerprint density at radius 2 is 1.12 bits per heavy atom. The smallest absolute Gasteiger partial charge is 0.153 e. The molecular formula is C39H26N2O. The molecule has 3 nitrogen and oxygen atoms in total. The summed E-state index contributed by atoms with van der Waals surface area (Å²) in [5.41, 5.74) is 10.5. The predicted molar refractivity (Wildman–Crippen MR) is 175 cm³/mol. The molecule has 0 aliphatic heterocycles. The summed E-state index contributed by atoms with van der Waals surface area (Å²) in [4.78, 5) is 6.98. The van der Waals surface area contributed by atoms with Crippen LogP contribution in [0.4, 0.5) is 17.1 Å². The van der Waals surface area contributed by atoms with Gasteiger partial charge < -0.3 is 9.32 Å². The van der Waals surface area contributed by atoms with E-state index < -0.39 is 0 Å². The van der Waals surface area contributed by atoms with Crippen LogP contribution in [0.2, 0.25) is 0 Å². The molecule has 0 bridgehead atoms. The maximum atomic E-state index is 6.12. The van der Waals surface area contributed by atoms with E-state index in [4.69, 9.17) is 4.42 Å². The molecule has 6 aromatic carbocycles. The van der Waals surface area contributed by atoms with Crippen molar-refractivity contribution < 1.29 is 4.42 Å². The van der Waals surface area contributed by atoms with Crippen molar-refractivity contribution in [1.82, 2.24) is 4.98 Å². The second-order valence-corrected chi connectivity index (χ2v) is 10.4. The molecule has 0 saturated heterocycles. The van der Waals surface area contributed by atoms with E-state index in [1.807, 2.05) is 24.4 Å². The van der Waals surface area contributed by atoms with Gasteiger partial charge in [0.2, 0.25) is 0 Å². The molecule has 8 aromatic rings. The summed E-state index contributed by atoms with van der Waals surface area (Å²) in [6.45, 7) is 0. The molecule has 0 aliphatic rings. The summed E-state index contributed by atoms with van der Waals surface area (Å²) >= 11 is 0. The molecule has 0 N–H and O–H groups in total. The Balaban J connectivity index is 1.35. The minimum Gasteiger partial charge on any atom is -0.454 e. The van der Waals surface area contributed by atoms with Crippen molar-refractivity contribution in [3.8, 4) is 22.3 Å². The molecule has 2 heterocycles. The zero-order chi connectivity index (χ0) is 27.9. The Morgan fingerprint density at radius 3 is 1.90 bits per heavy atom. The molecule has 3 heteroatoms. The standard InChI is InChI=1S/C39H26N2O/c1-3-10-27(11-4-1)28-17-19-30(20-18-28)41(31-21-24-37-35(26-31)39-38(42-37)16-9-25-40-39)36-23-22-32(29-12-5-2-6-13-29)33-14-7-8-15-34(33)36/h1-26H. The summed E-state index contributed by atoms with van der Waals surface area (Å²) in [6.07, 6.45) is 1.82. The van der Waals surface area contributed by atoms with Crippen LogP contribution < -0.4 is 4.90 Å². The minimum absolute atomic E-state index is 0.793. The SMILES string of the molecule is c1ccc(-c2ccc(N(c3ccc4oc5cccnc5c4c3)c3ccc(-c4ccccc4)c4ccccc34)cc2)cc1. The van der Waals surface area contributed by atoms with Crippen LogP contribution in [0.3, 0.4) is 0 Å². The molecule has 0 amide bonds. The van der Waals surface area contributed by atoms with Crippen LogP contribution in [0.25, 0.3) is 55.1 Å². The highest BCUT2D eigenvalue weighted by atomic mass is 16.3. The normalized spacial score (nSPS) is 11.3. The quantitative estimate of drug-likeness (QED) is 0.218. The van der Waals surface area contributed by atoms with Gasteiger partial charge in [0, 0.05) is 28.3 Å². The number of fused-ring (bicyclic) bond motifs is 4. The summed E-state index contributed by atoms with van der Waals surface area (Å²) in [5.74, 6) is 0. The Kier molecular flexibility index (Phi) is 5.79. The van der Waals surface area contributed by atoms with Crippen LogP contribution >= 0.6 is 0 Å². The summed E-state index contributed by atoms with van der Waals surface area (Å²) in [5, 5.41) is 3.39. The third-order valence-corrected chi connectivity index (χ3v) is 7.93. The second kappa shape index (κ2) is 10.1. The highest BCUT2D eigenvalue weighted by molar-refractivity contribution is 6.08. The molecule has 0 atom stereocenters. The molecule has 0 aliphatic carbocycles. The topological polar surface area (TPSA) is 29.3 Å². The average molecular weight is 539 g/mol. The van der Waals surface area contributed by atoms with Crippen molar-refractivity contribution in [2.45, 2.75) is 0 Å². The molecule has 42 heavy (non-hydrogen) atoms. The van der Waals surface area contributed by atoms with Gasteiger partial charge in [-0.25, -0.2) is 0 Å². The van der Waals surface area contributed by atoms with Gasteiger partial charge in [-0.1, -0.05) is 103 Å². The largest absolute Gasteiger partial charge is 0.454 e. The fourth-order valence-electron chi connectivity index (χ4n) is 5.93. The Hall–Kier alpha value is -5.67. The van der Waals surface area contributed by atoms with Crippen LogP contribution in [-0.2, 0) is 0 Å². The molecule has 198 valence electrons. The van der Waals surface area contributed by atoms with Crippen LogP contribution in [0.1, 0.15) is 0 Å². The van der Waals surface area contributed by atoms with Gasteiger partial charge in [-0.3, -0.25) is 4.98 Å². The zero-order valence-electron chi connectivity index (χ0n) is 22.8. The molecule has 0 radical (unpaired) electrons. The lowest BCUT2D eigenvalue weighted by Crippen LogP contribution is -2.10. The van der Waals surface area contributed by atoms with E-state index in [2.05, 4.69) is 143 Å². The van der Waals surface area contributed by atoms with Gasteiger partial charge in [-0.15, -0.1) is 0 Å². The van der Waals surface area contributed by atoms with E-state index in [1.165, 1.54) is 33.0 Å². The molecule has 2 aromatic heterocycles. The fourth-order valence-corrected chi connectivity index (χ4v) is 5.93. The lowest BCUT2D eigenvalue weighted by Gasteiger charge is -2.28. The maximum Gasteiger partial charge on any atom is 0.153 e. The van der Waals surface area contributed by atoms with Gasteiger partial charge in [0.25, 0.3) is 0 Å². The first-order chi connectivity index (χ1) is 20.8. The van der Waals surface area contributed by atoms with E-state index in [9.17, 15) is 0 Å². The van der Waals surface area contributed by atoms with Crippen LogP contribution in [0.5, 0.6) is 0 Å². The first-order valence-corrected chi connectivity index (χ1v) is 14.1. The second-order valence-electron chi connectivity index (χ2n) is 10.4. The third-order valence-electron chi connectivity index (χ3n) is 7.93.